The Morgan fingerprint density at radius 3 is 2.56 bits per heavy atom. The summed E-state index contributed by atoms with van der Waals surface area (Å²) in [6.07, 6.45) is 0.663. The third-order valence-electron chi connectivity index (χ3n) is 2.35. The Bertz CT molecular complexity index is 544. The molecule has 16 heavy (non-hydrogen) atoms. The summed E-state index contributed by atoms with van der Waals surface area (Å²) >= 11 is 11.9. The molecule has 0 aliphatic heterocycles. The van der Waals surface area contributed by atoms with E-state index in [1.54, 1.807) is 18.2 Å². The number of hydrogen-bond donors (Lipinski definition) is 0. The van der Waals surface area contributed by atoms with Gasteiger partial charge >= 0.3 is 0 Å². The van der Waals surface area contributed by atoms with Crippen molar-refractivity contribution in [2.45, 2.75) is 6.92 Å². The van der Waals surface area contributed by atoms with Gasteiger partial charge in [0, 0.05) is 5.56 Å². The van der Waals surface area contributed by atoms with Crippen molar-refractivity contribution in [3.05, 3.63) is 45.6 Å². The number of benzene rings is 1. The average Bonchev–Trinajstić information content (AvgIpc) is 2.74. The molecular weight excluding hydrogens is 247 g/mol. The molecular formula is C12H8Cl2O2. The molecule has 0 radical (unpaired) electrons. The molecule has 0 bridgehead atoms. The van der Waals surface area contributed by atoms with Gasteiger partial charge in [0.1, 0.15) is 5.76 Å². The summed E-state index contributed by atoms with van der Waals surface area (Å²) in [5.74, 6) is 0.902. The van der Waals surface area contributed by atoms with Gasteiger partial charge in [-0.3, -0.25) is 4.79 Å². The quantitative estimate of drug-likeness (QED) is 0.745. The number of halogens is 2. The summed E-state index contributed by atoms with van der Waals surface area (Å²) in [6.45, 7) is 1.85. The van der Waals surface area contributed by atoms with Crippen LogP contribution in [-0.2, 0) is 0 Å². The van der Waals surface area contributed by atoms with Crippen LogP contribution in [0.4, 0.5) is 0 Å². The van der Waals surface area contributed by atoms with Gasteiger partial charge in [-0.25, -0.2) is 0 Å². The molecule has 4 heteroatoms. The third-order valence-corrected chi connectivity index (χ3v) is 3.25. The standard InChI is InChI=1S/C12H8Cl2O2/c1-7-9(3-4-10(13)12(7)14)11-5-2-8(6-15)16-11/h2-6H,1H3. The van der Waals surface area contributed by atoms with Crippen molar-refractivity contribution >= 4 is 29.5 Å². The first-order valence-electron chi connectivity index (χ1n) is 4.63. The fourth-order valence-corrected chi connectivity index (χ4v) is 1.85. The second-order valence-electron chi connectivity index (χ2n) is 3.35. The summed E-state index contributed by atoms with van der Waals surface area (Å²) < 4.78 is 5.32. The second kappa shape index (κ2) is 4.32. The van der Waals surface area contributed by atoms with Gasteiger partial charge in [0.05, 0.1) is 10.0 Å². The molecule has 0 N–H and O–H groups in total. The molecule has 0 saturated heterocycles. The normalized spacial score (nSPS) is 10.4. The SMILES string of the molecule is Cc1c(-c2ccc(C=O)o2)ccc(Cl)c1Cl. The predicted octanol–water partition coefficient (Wildman–Crippen LogP) is 4.37. The monoisotopic (exact) mass is 254 g/mol. The van der Waals surface area contributed by atoms with E-state index in [9.17, 15) is 4.79 Å². The zero-order chi connectivity index (χ0) is 11.7. The predicted molar refractivity (Wildman–Crippen MR) is 64.3 cm³/mol. The Morgan fingerprint density at radius 2 is 1.94 bits per heavy atom. The zero-order valence-electron chi connectivity index (χ0n) is 8.46. The van der Waals surface area contributed by atoms with Gasteiger partial charge in [-0.05, 0) is 36.8 Å². The summed E-state index contributed by atoms with van der Waals surface area (Å²) in [5.41, 5.74) is 1.67. The molecule has 1 aromatic carbocycles. The summed E-state index contributed by atoms with van der Waals surface area (Å²) in [7, 11) is 0. The number of furan rings is 1. The van der Waals surface area contributed by atoms with Crippen LogP contribution in [0.3, 0.4) is 0 Å². The second-order valence-corrected chi connectivity index (χ2v) is 4.14. The van der Waals surface area contributed by atoms with Crippen LogP contribution in [-0.4, -0.2) is 6.29 Å². The minimum absolute atomic E-state index is 0.292. The first-order chi connectivity index (χ1) is 7.63. The molecule has 0 aliphatic carbocycles. The van der Waals surface area contributed by atoms with Crippen LogP contribution in [0.1, 0.15) is 16.1 Å². The van der Waals surface area contributed by atoms with Gasteiger partial charge in [-0.15, -0.1) is 0 Å². The van der Waals surface area contributed by atoms with E-state index in [4.69, 9.17) is 27.6 Å². The number of carbonyl (C=O) groups is 1. The molecule has 2 rings (SSSR count). The van der Waals surface area contributed by atoms with Crippen LogP contribution in [0.15, 0.2) is 28.7 Å². The van der Waals surface area contributed by atoms with E-state index in [1.165, 1.54) is 0 Å². The van der Waals surface area contributed by atoms with E-state index in [-0.39, 0.29) is 0 Å². The maximum absolute atomic E-state index is 10.5. The number of rotatable bonds is 2. The topological polar surface area (TPSA) is 30.2 Å². The Hall–Kier alpha value is -1.25. The van der Waals surface area contributed by atoms with Crippen LogP contribution in [0.25, 0.3) is 11.3 Å². The van der Waals surface area contributed by atoms with Gasteiger partial charge in [-0.2, -0.15) is 0 Å². The molecule has 1 aromatic heterocycles. The minimum atomic E-state index is 0.292. The first-order valence-corrected chi connectivity index (χ1v) is 5.39. The third kappa shape index (κ3) is 1.86. The van der Waals surface area contributed by atoms with Crippen molar-refractivity contribution in [1.29, 1.82) is 0 Å². The van der Waals surface area contributed by atoms with Crippen LogP contribution < -0.4 is 0 Å². The van der Waals surface area contributed by atoms with E-state index < -0.39 is 0 Å². The highest BCUT2D eigenvalue weighted by Crippen LogP contribution is 2.34. The van der Waals surface area contributed by atoms with Crippen LogP contribution in [0, 0.1) is 6.92 Å². The van der Waals surface area contributed by atoms with Crippen molar-refractivity contribution in [1.82, 2.24) is 0 Å². The molecule has 0 unspecified atom stereocenters. The molecule has 0 atom stereocenters. The molecule has 2 nitrogen and oxygen atoms in total. The molecule has 0 spiro atoms. The van der Waals surface area contributed by atoms with E-state index >= 15 is 0 Å². The van der Waals surface area contributed by atoms with E-state index in [0.29, 0.717) is 27.9 Å². The minimum Gasteiger partial charge on any atom is -0.453 e. The lowest BCUT2D eigenvalue weighted by molar-refractivity contribution is 0.110. The van der Waals surface area contributed by atoms with Crippen molar-refractivity contribution in [3.63, 3.8) is 0 Å². The number of carbonyl (C=O) groups excluding carboxylic acids is 1. The smallest absolute Gasteiger partial charge is 0.185 e. The van der Waals surface area contributed by atoms with Gasteiger partial charge in [0.25, 0.3) is 0 Å². The molecule has 0 aliphatic rings. The van der Waals surface area contributed by atoms with Crippen molar-refractivity contribution in [2.24, 2.45) is 0 Å². The lowest BCUT2D eigenvalue weighted by Crippen LogP contribution is -1.83. The lowest BCUT2D eigenvalue weighted by Gasteiger charge is -2.06. The van der Waals surface area contributed by atoms with Gasteiger partial charge in [0.2, 0.25) is 0 Å². The summed E-state index contributed by atoms with van der Waals surface area (Å²) in [6, 6.07) is 6.87. The lowest BCUT2D eigenvalue weighted by atomic mass is 10.1. The Morgan fingerprint density at radius 1 is 1.19 bits per heavy atom. The van der Waals surface area contributed by atoms with Crippen LogP contribution in [0.2, 0.25) is 10.0 Å². The Labute approximate surface area is 103 Å². The van der Waals surface area contributed by atoms with E-state index in [0.717, 1.165) is 11.1 Å². The highest BCUT2D eigenvalue weighted by molar-refractivity contribution is 6.42. The van der Waals surface area contributed by atoms with Crippen LogP contribution >= 0.6 is 23.2 Å². The first kappa shape index (κ1) is 11.2. The Balaban J connectivity index is 2.56. The zero-order valence-corrected chi connectivity index (χ0v) is 9.97. The fourth-order valence-electron chi connectivity index (χ4n) is 1.48. The van der Waals surface area contributed by atoms with Gasteiger partial charge < -0.3 is 4.42 Å². The van der Waals surface area contributed by atoms with Gasteiger partial charge in [-0.1, -0.05) is 23.2 Å². The number of hydrogen-bond acceptors (Lipinski definition) is 2. The average molecular weight is 255 g/mol. The molecule has 2 aromatic rings. The summed E-state index contributed by atoms with van der Waals surface area (Å²) in [4.78, 5) is 10.5. The fraction of sp³-hybridized carbons (Fsp3) is 0.0833. The summed E-state index contributed by atoms with van der Waals surface area (Å²) in [5, 5.41) is 1.01. The number of aldehydes is 1. The molecule has 82 valence electrons. The van der Waals surface area contributed by atoms with Crippen molar-refractivity contribution < 1.29 is 9.21 Å². The van der Waals surface area contributed by atoms with E-state index in [2.05, 4.69) is 0 Å². The molecule has 1 heterocycles. The maximum Gasteiger partial charge on any atom is 0.185 e. The molecule has 0 fully saturated rings. The van der Waals surface area contributed by atoms with Crippen LogP contribution in [0.5, 0.6) is 0 Å². The highest BCUT2D eigenvalue weighted by atomic mass is 35.5. The van der Waals surface area contributed by atoms with Gasteiger partial charge in [0.15, 0.2) is 12.0 Å². The largest absolute Gasteiger partial charge is 0.453 e. The molecule has 0 amide bonds. The van der Waals surface area contributed by atoms with Crippen molar-refractivity contribution in [3.8, 4) is 11.3 Å². The maximum atomic E-state index is 10.5. The van der Waals surface area contributed by atoms with Crippen molar-refractivity contribution in [2.75, 3.05) is 0 Å². The molecule has 0 saturated carbocycles. The highest BCUT2D eigenvalue weighted by Gasteiger charge is 2.11. The van der Waals surface area contributed by atoms with E-state index in [1.807, 2.05) is 13.0 Å². The Kier molecular flexibility index (Phi) is 3.03.